The van der Waals surface area contributed by atoms with Crippen LogP contribution in [-0.2, 0) is 16.1 Å². The van der Waals surface area contributed by atoms with Gasteiger partial charge in [0.1, 0.15) is 6.20 Å². The van der Waals surface area contributed by atoms with E-state index in [9.17, 15) is 19.7 Å². The Morgan fingerprint density at radius 3 is 2.71 bits per heavy atom. The lowest BCUT2D eigenvalue weighted by atomic mass is 10.3. The number of nitrogens with one attached hydrogen (secondary N) is 1. The molecule has 0 aliphatic rings. The van der Waals surface area contributed by atoms with Gasteiger partial charge in [-0.15, -0.1) is 0 Å². The first kappa shape index (κ1) is 16.3. The normalized spacial score (nSPS) is 11.1. The summed E-state index contributed by atoms with van der Waals surface area (Å²) < 4.78 is 5.98. The van der Waals surface area contributed by atoms with E-state index in [4.69, 9.17) is 0 Å². The predicted octanol–water partition coefficient (Wildman–Crippen LogP) is 1.01. The van der Waals surface area contributed by atoms with E-state index in [1.165, 1.54) is 17.8 Å². The van der Waals surface area contributed by atoms with Crippen molar-refractivity contribution in [3.63, 3.8) is 0 Å². The van der Waals surface area contributed by atoms with E-state index >= 15 is 0 Å². The fraction of sp³-hybridized carbons (Fsp3) is 0.417. The number of rotatable bonds is 6. The summed E-state index contributed by atoms with van der Waals surface area (Å²) >= 11 is 0. The molecule has 1 heterocycles. The summed E-state index contributed by atoms with van der Waals surface area (Å²) in [5, 5.41) is 17.1. The molecule has 0 radical (unpaired) electrons. The third kappa shape index (κ3) is 4.41. The summed E-state index contributed by atoms with van der Waals surface area (Å²) in [7, 11) is 0. The minimum absolute atomic E-state index is 0.207. The molecule has 1 aromatic rings. The molecule has 21 heavy (non-hydrogen) atoms. The van der Waals surface area contributed by atoms with E-state index in [2.05, 4.69) is 15.2 Å². The zero-order valence-electron chi connectivity index (χ0n) is 12.0. The number of hydrogen-bond donors (Lipinski definition) is 1. The minimum Gasteiger partial charge on any atom is -0.463 e. The van der Waals surface area contributed by atoms with E-state index in [-0.39, 0.29) is 18.0 Å². The topological polar surface area (TPSA) is 116 Å². The highest BCUT2D eigenvalue weighted by Crippen LogP contribution is 2.16. The quantitative estimate of drug-likeness (QED) is 0.362. The monoisotopic (exact) mass is 296 g/mol. The molecule has 1 amide bonds. The van der Waals surface area contributed by atoms with Gasteiger partial charge in [-0.1, -0.05) is 0 Å². The van der Waals surface area contributed by atoms with Gasteiger partial charge in [-0.3, -0.25) is 19.6 Å². The highest BCUT2D eigenvalue weighted by atomic mass is 16.6. The first-order chi connectivity index (χ1) is 9.88. The van der Waals surface area contributed by atoms with Crippen LogP contribution in [-0.4, -0.2) is 33.2 Å². The number of aryl methyl sites for hydroxylation is 1. The second kappa shape index (κ2) is 7.17. The van der Waals surface area contributed by atoms with Crippen molar-refractivity contribution in [3.05, 3.63) is 33.8 Å². The number of allylic oxidation sites excluding steroid dienone is 1. The third-order valence-electron chi connectivity index (χ3n) is 2.41. The molecule has 0 aliphatic carbocycles. The van der Waals surface area contributed by atoms with Gasteiger partial charge in [-0.05, 0) is 20.8 Å². The van der Waals surface area contributed by atoms with Gasteiger partial charge in [0.05, 0.1) is 11.5 Å². The van der Waals surface area contributed by atoms with E-state index in [0.717, 1.165) is 6.08 Å². The van der Waals surface area contributed by atoms with Crippen LogP contribution < -0.4 is 5.32 Å². The summed E-state index contributed by atoms with van der Waals surface area (Å²) in [4.78, 5) is 33.4. The SMILES string of the molecule is CCOC(=O)/C=C(\C)NC(=O)c1nn(CC)cc1[N+](=O)[O-]. The van der Waals surface area contributed by atoms with Gasteiger partial charge in [0, 0.05) is 18.3 Å². The number of esters is 1. The Morgan fingerprint density at radius 2 is 2.19 bits per heavy atom. The van der Waals surface area contributed by atoms with Crippen LogP contribution in [0.1, 0.15) is 31.3 Å². The van der Waals surface area contributed by atoms with Crippen molar-refractivity contribution < 1.29 is 19.2 Å². The molecule has 0 saturated heterocycles. The highest BCUT2D eigenvalue weighted by molar-refractivity contribution is 5.97. The molecule has 0 aliphatic heterocycles. The zero-order chi connectivity index (χ0) is 16.0. The Hall–Kier alpha value is -2.71. The highest BCUT2D eigenvalue weighted by Gasteiger charge is 2.25. The molecule has 0 bridgehead atoms. The summed E-state index contributed by atoms with van der Waals surface area (Å²) in [5.74, 6) is -1.36. The molecule has 1 rings (SSSR count). The van der Waals surface area contributed by atoms with Crippen molar-refractivity contribution in [2.24, 2.45) is 0 Å². The number of amides is 1. The molecule has 0 unspecified atom stereocenters. The van der Waals surface area contributed by atoms with Crippen molar-refractivity contribution in [2.45, 2.75) is 27.3 Å². The molecule has 114 valence electrons. The van der Waals surface area contributed by atoms with Crippen LogP contribution in [0.5, 0.6) is 0 Å². The number of ether oxygens (including phenoxy) is 1. The summed E-state index contributed by atoms with van der Waals surface area (Å²) in [6.07, 6.45) is 2.27. The van der Waals surface area contributed by atoms with Crippen LogP contribution in [0.4, 0.5) is 5.69 Å². The van der Waals surface area contributed by atoms with Crippen LogP contribution in [0.25, 0.3) is 0 Å². The number of aromatic nitrogens is 2. The molecule has 9 heteroatoms. The molecule has 0 saturated carbocycles. The maximum atomic E-state index is 12.0. The van der Waals surface area contributed by atoms with Gasteiger partial charge in [0.2, 0.25) is 5.69 Å². The average Bonchev–Trinajstić information content (AvgIpc) is 2.83. The zero-order valence-corrected chi connectivity index (χ0v) is 12.0. The lowest BCUT2D eigenvalue weighted by Gasteiger charge is -2.03. The number of hydrogen-bond acceptors (Lipinski definition) is 6. The second-order valence-corrected chi connectivity index (χ2v) is 4.01. The largest absolute Gasteiger partial charge is 0.463 e. The van der Waals surface area contributed by atoms with E-state index in [0.29, 0.717) is 6.54 Å². The van der Waals surface area contributed by atoms with Crippen LogP contribution >= 0.6 is 0 Å². The van der Waals surface area contributed by atoms with Gasteiger partial charge in [0.25, 0.3) is 5.91 Å². The molecular weight excluding hydrogens is 280 g/mol. The van der Waals surface area contributed by atoms with Crippen LogP contribution in [0.2, 0.25) is 0 Å². The Balaban J connectivity index is 2.91. The Labute approximate surface area is 120 Å². The van der Waals surface area contributed by atoms with Crippen LogP contribution in [0.3, 0.4) is 0 Å². The number of carbonyl (C=O) groups is 2. The van der Waals surface area contributed by atoms with Crippen LogP contribution in [0, 0.1) is 10.1 Å². The molecule has 0 spiro atoms. The summed E-state index contributed by atoms with van der Waals surface area (Å²) in [5.41, 5.74) is -0.490. The third-order valence-corrected chi connectivity index (χ3v) is 2.41. The minimum atomic E-state index is -0.757. The van der Waals surface area contributed by atoms with Crippen molar-refractivity contribution in [1.82, 2.24) is 15.1 Å². The second-order valence-electron chi connectivity index (χ2n) is 4.01. The fourth-order valence-corrected chi connectivity index (χ4v) is 1.50. The molecule has 1 N–H and O–H groups in total. The van der Waals surface area contributed by atoms with E-state index < -0.39 is 22.5 Å². The van der Waals surface area contributed by atoms with E-state index in [1.807, 2.05) is 0 Å². The number of nitro groups is 1. The van der Waals surface area contributed by atoms with Gasteiger partial charge in [-0.25, -0.2) is 4.79 Å². The van der Waals surface area contributed by atoms with Gasteiger partial charge in [-0.2, -0.15) is 5.10 Å². The maximum Gasteiger partial charge on any atom is 0.332 e. The standard InChI is InChI=1S/C12H16N4O5/c1-4-15-7-9(16(19)20)11(14-15)12(18)13-8(3)6-10(17)21-5-2/h6-7H,4-5H2,1-3H3,(H,13,18)/b8-6+. The van der Waals surface area contributed by atoms with Crippen LogP contribution in [0.15, 0.2) is 18.0 Å². The van der Waals surface area contributed by atoms with Gasteiger partial charge >= 0.3 is 11.7 Å². The Morgan fingerprint density at radius 1 is 1.52 bits per heavy atom. The van der Waals surface area contributed by atoms with Crippen molar-refractivity contribution in [2.75, 3.05) is 6.61 Å². The molecule has 0 fully saturated rings. The smallest absolute Gasteiger partial charge is 0.332 e. The maximum absolute atomic E-state index is 12.0. The molecule has 1 aromatic heterocycles. The molecule has 9 nitrogen and oxygen atoms in total. The Kier molecular flexibility index (Phi) is 5.58. The average molecular weight is 296 g/mol. The molecule has 0 atom stereocenters. The number of nitrogens with zero attached hydrogens (tertiary/aromatic N) is 3. The Bertz CT molecular complexity index is 590. The van der Waals surface area contributed by atoms with E-state index in [1.54, 1.807) is 13.8 Å². The number of carbonyl (C=O) groups excluding carboxylic acids is 2. The van der Waals surface area contributed by atoms with Gasteiger partial charge in [0.15, 0.2) is 0 Å². The summed E-state index contributed by atoms with van der Waals surface area (Å²) in [6, 6.07) is 0. The van der Waals surface area contributed by atoms with Crippen molar-refractivity contribution >= 4 is 17.6 Å². The molecule has 0 aromatic carbocycles. The lowest BCUT2D eigenvalue weighted by molar-refractivity contribution is -0.385. The van der Waals surface area contributed by atoms with Crippen molar-refractivity contribution in [1.29, 1.82) is 0 Å². The lowest BCUT2D eigenvalue weighted by Crippen LogP contribution is -2.23. The molecular formula is C12H16N4O5. The summed E-state index contributed by atoms with van der Waals surface area (Å²) in [6.45, 7) is 5.47. The van der Waals surface area contributed by atoms with Crippen molar-refractivity contribution in [3.8, 4) is 0 Å². The first-order valence-electron chi connectivity index (χ1n) is 6.27. The fourth-order valence-electron chi connectivity index (χ4n) is 1.50. The first-order valence-corrected chi connectivity index (χ1v) is 6.27. The predicted molar refractivity (Wildman–Crippen MR) is 72.4 cm³/mol. The van der Waals surface area contributed by atoms with Gasteiger partial charge < -0.3 is 10.1 Å².